The van der Waals surface area contributed by atoms with E-state index in [0.717, 1.165) is 18.5 Å². The molecule has 3 rings (SSSR count). The molecule has 3 atom stereocenters. The van der Waals surface area contributed by atoms with Gasteiger partial charge in [-0.3, -0.25) is 0 Å². The molecule has 0 unspecified atom stereocenters. The highest BCUT2D eigenvalue weighted by molar-refractivity contribution is 7.88. The first-order valence-corrected chi connectivity index (χ1v) is 9.85. The molecule has 0 saturated carbocycles. The molecule has 0 aromatic heterocycles. The van der Waals surface area contributed by atoms with Crippen LogP contribution in [0, 0.1) is 11.8 Å². The van der Waals surface area contributed by atoms with Crippen LogP contribution >= 0.6 is 0 Å². The zero-order chi connectivity index (χ0) is 16.4. The summed E-state index contributed by atoms with van der Waals surface area (Å²) in [5, 5.41) is 0. The van der Waals surface area contributed by atoms with Crippen LogP contribution < -0.4 is 0 Å². The van der Waals surface area contributed by atoms with Gasteiger partial charge in [-0.15, -0.1) is 0 Å². The van der Waals surface area contributed by atoms with Crippen LogP contribution in [-0.2, 0) is 20.5 Å². The Bertz CT molecular complexity index is 618. The van der Waals surface area contributed by atoms with E-state index in [4.69, 9.17) is 4.74 Å². The van der Waals surface area contributed by atoms with E-state index in [-0.39, 0.29) is 11.9 Å². The van der Waals surface area contributed by atoms with Crippen molar-refractivity contribution in [1.82, 2.24) is 9.21 Å². The Morgan fingerprint density at radius 2 is 2.00 bits per heavy atom. The van der Waals surface area contributed by atoms with Gasteiger partial charge in [0.05, 0.1) is 18.5 Å². The van der Waals surface area contributed by atoms with Gasteiger partial charge in [-0.25, -0.2) is 12.7 Å². The summed E-state index contributed by atoms with van der Waals surface area (Å²) in [6.07, 6.45) is 1.14. The van der Waals surface area contributed by atoms with Crippen molar-refractivity contribution < 1.29 is 13.2 Å². The molecule has 6 heteroatoms. The van der Waals surface area contributed by atoms with Gasteiger partial charge in [0.2, 0.25) is 10.0 Å². The molecular weight excluding hydrogens is 312 g/mol. The smallest absolute Gasteiger partial charge is 0.218 e. The van der Waals surface area contributed by atoms with E-state index in [1.165, 1.54) is 0 Å². The van der Waals surface area contributed by atoms with E-state index in [0.29, 0.717) is 31.5 Å². The first-order valence-electron chi connectivity index (χ1n) is 8.24. The first kappa shape index (κ1) is 16.9. The average molecular weight is 338 g/mol. The highest BCUT2D eigenvalue weighted by Gasteiger charge is 2.43. The highest BCUT2D eigenvalue weighted by atomic mass is 32.2. The van der Waals surface area contributed by atoms with Crippen LogP contribution in [0.15, 0.2) is 30.3 Å². The molecule has 0 bridgehead atoms. The molecule has 2 heterocycles. The van der Waals surface area contributed by atoms with Crippen molar-refractivity contribution in [2.75, 3.05) is 40.3 Å². The topological polar surface area (TPSA) is 49.9 Å². The van der Waals surface area contributed by atoms with Crippen molar-refractivity contribution in [3.63, 3.8) is 0 Å². The molecule has 5 nitrogen and oxygen atoms in total. The molecule has 2 fully saturated rings. The molecular formula is C17H26N2O3S. The number of hydrogen-bond donors (Lipinski definition) is 0. The van der Waals surface area contributed by atoms with E-state index in [1.807, 2.05) is 30.3 Å². The summed E-state index contributed by atoms with van der Waals surface area (Å²) in [7, 11) is 0.855. The number of sulfonamides is 1. The minimum Gasteiger partial charge on any atom is -0.376 e. The third kappa shape index (κ3) is 3.94. The number of ether oxygens (including phenoxy) is 1. The quantitative estimate of drug-likeness (QED) is 0.815. The van der Waals surface area contributed by atoms with Gasteiger partial charge < -0.3 is 9.64 Å². The maximum absolute atomic E-state index is 12.7. The largest absolute Gasteiger partial charge is 0.376 e. The lowest BCUT2D eigenvalue weighted by molar-refractivity contribution is 0.0653. The van der Waals surface area contributed by atoms with Gasteiger partial charge in [-0.2, -0.15) is 0 Å². The van der Waals surface area contributed by atoms with Crippen molar-refractivity contribution in [2.45, 2.75) is 18.3 Å². The molecule has 1 aromatic rings. The molecule has 128 valence electrons. The number of nitrogens with zero attached hydrogens (tertiary/aromatic N) is 2. The second kappa shape index (κ2) is 6.89. The predicted octanol–water partition coefficient (Wildman–Crippen LogP) is 1.41. The van der Waals surface area contributed by atoms with Crippen molar-refractivity contribution in [3.8, 4) is 0 Å². The average Bonchev–Trinajstić information content (AvgIpc) is 2.89. The molecule has 23 heavy (non-hydrogen) atoms. The van der Waals surface area contributed by atoms with Crippen LogP contribution in [0.2, 0.25) is 0 Å². The SMILES string of the molecule is CN(C)C[C@@H]1OC[C@H]2CN(S(=O)(=O)Cc3ccccc3)CC[C@H]21. The van der Waals surface area contributed by atoms with E-state index in [1.54, 1.807) is 4.31 Å². The number of fused-ring (bicyclic) bond motifs is 1. The Morgan fingerprint density at radius 1 is 1.26 bits per heavy atom. The van der Waals surface area contributed by atoms with Gasteiger partial charge >= 0.3 is 0 Å². The summed E-state index contributed by atoms with van der Waals surface area (Å²) in [5.41, 5.74) is 0.850. The molecule has 0 aliphatic carbocycles. The molecule has 2 saturated heterocycles. The molecule has 0 spiro atoms. The summed E-state index contributed by atoms with van der Waals surface area (Å²) in [4.78, 5) is 2.14. The van der Waals surface area contributed by atoms with Crippen LogP contribution in [0.4, 0.5) is 0 Å². The zero-order valence-electron chi connectivity index (χ0n) is 13.9. The Kier molecular flexibility index (Phi) is 5.06. The van der Waals surface area contributed by atoms with Gasteiger partial charge in [0.25, 0.3) is 0 Å². The summed E-state index contributed by atoms with van der Waals surface area (Å²) < 4.78 is 33.0. The lowest BCUT2D eigenvalue weighted by Gasteiger charge is -2.35. The number of likely N-dealkylation sites (N-methyl/N-ethyl adjacent to an activating group) is 1. The summed E-state index contributed by atoms with van der Waals surface area (Å²) in [6.45, 7) is 2.81. The van der Waals surface area contributed by atoms with Crippen LogP contribution in [0.3, 0.4) is 0 Å². The normalized spacial score (nSPS) is 28.9. The summed E-state index contributed by atoms with van der Waals surface area (Å²) in [5.74, 6) is 0.910. The Hall–Kier alpha value is -0.950. The Labute approximate surface area is 139 Å². The minimum atomic E-state index is -3.25. The number of hydrogen-bond acceptors (Lipinski definition) is 4. The van der Waals surface area contributed by atoms with Crippen molar-refractivity contribution in [2.24, 2.45) is 11.8 Å². The lowest BCUT2D eigenvalue weighted by Crippen LogP contribution is -2.46. The maximum atomic E-state index is 12.7. The number of benzene rings is 1. The van der Waals surface area contributed by atoms with Gasteiger partial charge in [0, 0.05) is 25.6 Å². The van der Waals surface area contributed by atoms with Crippen molar-refractivity contribution in [3.05, 3.63) is 35.9 Å². The molecule has 1 aromatic carbocycles. The minimum absolute atomic E-state index is 0.0905. The standard InChI is InChI=1S/C17H26N2O3S/c1-18(2)11-17-16-8-9-19(10-15(16)12-22-17)23(20,21)13-14-6-4-3-5-7-14/h3-7,15-17H,8-13H2,1-2H3/t15-,16-,17+/m1/s1. The van der Waals surface area contributed by atoms with Gasteiger partial charge in [0.1, 0.15) is 0 Å². The fraction of sp³-hybridized carbons (Fsp3) is 0.647. The fourth-order valence-electron chi connectivity index (χ4n) is 3.73. The van der Waals surface area contributed by atoms with Crippen LogP contribution in [0.25, 0.3) is 0 Å². The first-order chi connectivity index (χ1) is 11.0. The zero-order valence-corrected chi connectivity index (χ0v) is 14.7. The Morgan fingerprint density at radius 3 is 2.70 bits per heavy atom. The molecule has 2 aliphatic rings. The number of piperidine rings is 1. The highest BCUT2D eigenvalue weighted by Crippen LogP contribution is 2.35. The van der Waals surface area contributed by atoms with Crippen molar-refractivity contribution >= 4 is 10.0 Å². The van der Waals surface area contributed by atoms with Gasteiger partial charge in [-0.05, 0) is 32.0 Å². The molecule has 0 N–H and O–H groups in total. The van der Waals surface area contributed by atoms with Gasteiger partial charge in [0.15, 0.2) is 0 Å². The second-order valence-electron chi connectivity index (χ2n) is 6.95. The van der Waals surface area contributed by atoms with E-state index in [9.17, 15) is 8.42 Å². The summed E-state index contributed by atoms with van der Waals surface area (Å²) >= 11 is 0. The van der Waals surface area contributed by atoms with E-state index < -0.39 is 10.0 Å². The third-order valence-corrected chi connectivity index (χ3v) is 6.70. The molecule has 2 aliphatic heterocycles. The fourth-order valence-corrected chi connectivity index (χ4v) is 5.33. The second-order valence-corrected chi connectivity index (χ2v) is 8.92. The maximum Gasteiger partial charge on any atom is 0.218 e. The molecule has 0 amide bonds. The van der Waals surface area contributed by atoms with E-state index >= 15 is 0 Å². The third-order valence-electron chi connectivity index (χ3n) is 4.89. The van der Waals surface area contributed by atoms with Crippen LogP contribution in [-0.4, -0.2) is 64.1 Å². The Balaban J connectivity index is 1.64. The van der Waals surface area contributed by atoms with Crippen molar-refractivity contribution in [1.29, 1.82) is 0 Å². The molecule has 0 radical (unpaired) electrons. The predicted molar refractivity (Wildman–Crippen MR) is 90.5 cm³/mol. The van der Waals surface area contributed by atoms with Crippen LogP contribution in [0.1, 0.15) is 12.0 Å². The monoisotopic (exact) mass is 338 g/mol. The van der Waals surface area contributed by atoms with E-state index in [2.05, 4.69) is 19.0 Å². The van der Waals surface area contributed by atoms with Crippen LogP contribution in [0.5, 0.6) is 0 Å². The number of rotatable bonds is 5. The van der Waals surface area contributed by atoms with Gasteiger partial charge in [-0.1, -0.05) is 30.3 Å². The lowest BCUT2D eigenvalue weighted by atomic mass is 9.85. The summed E-state index contributed by atoms with van der Waals surface area (Å²) in [6, 6.07) is 9.41.